The lowest BCUT2D eigenvalue weighted by Gasteiger charge is -2.27. The Morgan fingerprint density at radius 1 is 1.25 bits per heavy atom. The molecule has 1 heterocycles. The minimum Gasteiger partial charge on any atom is -0.356 e. The zero-order valence-corrected chi connectivity index (χ0v) is 22.7. The van der Waals surface area contributed by atoms with Crippen LogP contribution in [0.1, 0.15) is 63.4 Å². The second-order valence-electron chi connectivity index (χ2n) is 8.76. The Labute approximate surface area is 212 Å². The van der Waals surface area contributed by atoms with Gasteiger partial charge in [-0.3, -0.25) is 4.99 Å². The summed E-state index contributed by atoms with van der Waals surface area (Å²) in [6.07, 6.45) is 8.97. The molecule has 6 nitrogen and oxygen atoms in total. The molecule has 1 aliphatic rings. The van der Waals surface area contributed by atoms with Crippen molar-refractivity contribution in [1.82, 2.24) is 25.4 Å². The van der Waals surface area contributed by atoms with Crippen LogP contribution in [0.3, 0.4) is 0 Å². The lowest BCUT2D eigenvalue weighted by atomic mass is 9.84. The van der Waals surface area contributed by atoms with Crippen molar-refractivity contribution in [2.75, 3.05) is 26.4 Å². The minimum absolute atomic E-state index is 0. The highest BCUT2D eigenvalue weighted by molar-refractivity contribution is 14.0. The molecule has 0 saturated heterocycles. The highest BCUT2D eigenvalue weighted by atomic mass is 127. The van der Waals surface area contributed by atoms with Gasteiger partial charge in [0.25, 0.3) is 0 Å². The van der Waals surface area contributed by atoms with Crippen LogP contribution in [0.2, 0.25) is 0 Å². The van der Waals surface area contributed by atoms with E-state index in [4.69, 9.17) is 0 Å². The summed E-state index contributed by atoms with van der Waals surface area (Å²) in [6, 6.07) is 7.35. The van der Waals surface area contributed by atoms with Crippen LogP contribution < -0.4 is 10.6 Å². The third-order valence-electron chi connectivity index (χ3n) is 6.00. The first-order chi connectivity index (χ1) is 14.9. The van der Waals surface area contributed by atoms with E-state index in [1.807, 2.05) is 6.07 Å². The first kappa shape index (κ1) is 26.9. The summed E-state index contributed by atoms with van der Waals surface area (Å²) in [4.78, 5) is 4.33. The van der Waals surface area contributed by atoms with Crippen molar-refractivity contribution in [1.29, 1.82) is 0 Å². The number of thioether (sulfide) groups is 1. The maximum atomic E-state index is 13.6. The van der Waals surface area contributed by atoms with Gasteiger partial charge in [0.15, 0.2) is 11.1 Å². The van der Waals surface area contributed by atoms with Crippen LogP contribution in [0.4, 0.5) is 4.39 Å². The quantitative estimate of drug-likeness (QED) is 0.146. The highest BCUT2D eigenvalue weighted by Crippen LogP contribution is 2.33. The molecular weight excluding hydrogens is 538 g/mol. The molecule has 0 radical (unpaired) electrons. The van der Waals surface area contributed by atoms with Crippen LogP contribution >= 0.6 is 35.7 Å². The Balaban J connectivity index is 0.00000363. The topological polar surface area (TPSA) is 67.1 Å². The number of hydrogen-bond donors (Lipinski definition) is 2. The molecular formula is C23H36FIN6S. The summed E-state index contributed by atoms with van der Waals surface area (Å²) in [7, 11) is 1.77. The van der Waals surface area contributed by atoms with Gasteiger partial charge < -0.3 is 15.2 Å². The molecule has 1 aromatic heterocycles. The summed E-state index contributed by atoms with van der Waals surface area (Å²) >= 11 is 1.68. The van der Waals surface area contributed by atoms with Gasteiger partial charge in [0.2, 0.25) is 0 Å². The van der Waals surface area contributed by atoms with E-state index in [1.165, 1.54) is 31.7 Å². The predicted octanol–water partition coefficient (Wildman–Crippen LogP) is 4.95. The number of hydrogen-bond acceptors (Lipinski definition) is 4. The molecule has 1 aliphatic carbocycles. The van der Waals surface area contributed by atoms with Gasteiger partial charge in [-0.15, -0.1) is 34.2 Å². The smallest absolute Gasteiger partial charge is 0.191 e. The molecule has 2 aromatic rings. The molecule has 0 aliphatic heterocycles. The van der Waals surface area contributed by atoms with Gasteiger partial charge in [0, 0.05) is 38.0 Å². The van der Waals surface area contributed by atoms with Crippen molar-refractivity contribution in [3.8, 4) is 0 Å². The van der Waals surface area contributed by atoms with Crippen molar-refractivity contribution < 1.29 is 4.39 Å². The lowest BCUT2D eigenvalue weighted by molar-refractivity contribution is 0.460. The molecule has 9 heteroatoms. The predicted molar refractivity (Wildman–Crippen MR) is 142 cm³/mol. The molecule has 0 unspecified atom stereocenters. The zero-order valence-electron chi connectivity index (χ0n) is 19.5. The van der Waals surface area contributed by atoms with Crippen molar-refractivity contribution in [3.05, 3.63) is 41.5 Å². The Morgan fingerprint density at radius 2 is 2.00 bits per heavy atom. The fourth-order valence-electron chi connectivity index (χ4n) is 4.14. The van der Waals surface area contributed by atoms with E-state index in [2.05, 4.69) is 50.5 Å². The number of benzene rings is 1. The average Bonchev–Trinajstić information content (AvgIpc) is 3.42. The SMILES string of the molecule is CN=C(NCCCc1nnc(SC)n1C1CCCC1)NCC(C)(C)c1cccc(F)c1.I. The summed E-state index contributed by atoms with van der Waals surface area (Å²) in [5.74, 6) is 1.64. The number of halogens is 2. The number of rotatable bonds is 9. The number of guanidine groups is 1. The molecule has 0 atom stereocenters. The standard InChI is InChI=1S/C23H35FN6S.HI/c1-23(2,17-9-7-10-18(24)15-17)16-27-21(25-3)26-14-8-13-20-28-29-22(31-4)30(20)19-11-5-6-12-19;/h7,9-10,15,19H,5-6,8,11-14,16H2,1-4H3,(H2,25,26,27);1H. The Hall–Kier alpha value is -1.36. The molecule has 0 amide bonds. The van der Waals surface area contributed by atoms with Crippen LogP contribution in [0.5, 0.6) is 0 Å². The third kappa shape index (κ3) is 7.07. The molecule has 1 aromatic carbocycles. The maximum Gasteiger partial charge on any atom is 0.191 e. The van der Waals surface area contributed by atoms with Gasteiger partial charge in [-0.2, -0.15) is 0 Å². The molecule has 0 spiro atoms. The number of aromatic nitrogens is 3. The summed E-state index contributed by atoms with van der Waals surface area (Å²) in [6.45, 7) is 5.65. The number of aliphatic imine (C=N–C) groups is 1. The highest BCUT2D eigenvalue weighted by Gasteiger charge is 2.24. The second-order valence-corrected chi connectivity index (χ2v) is 9.53. The number of nitrogens with one attached hydrogen (secondary N) is 2. The van der Waals surface area contributed by atoms with Crippen molar-refractivity contribution in [3.63, 3.8) is 0 Å². The van der Waals surface area contributed by atoms with Crippen LogP contribution in [-0.2, 0) is 11.8 Å². The van der Waals surface area contributed by atoms with Gasteiger partial charge in [-0.25, -0.2) is 4.39 Å². The van der Waals surface area contributed by atoms with Gasteiger partial charge in [0.1, 0.15) is 11.6 Å². The normalized spacial score (nSPS) is 15.0. The molecule has 2 N–H and O–H groups in total. The van der Waals surface area contributed by atoms with E-state index >= 15 is 0 Å². The van der Waals surface area contributed by atoms with E-state index in [0.29, 0.717) is 12.6 Å². The summed E-state index contributed by atoms with van der Waals surface area (Å²) in [5.41, 5.74) is 0.748. The van der Waals surface area contributed by atoms with E-state index in [0.717, 1.165) is 41.9 Å². The number of aryl methyl sites for hydroxylation is 1. The largest absolute Gasteiger partial charge is 0.356 e. The molecule has 3 rings (SSSR count). The van der Waals surface area contributed by atoms with E-state index in [9.17, 15) is 4.39 Å². The zero-order chi connectivity index (χ0) is 22.3. The van der Waals surface area contributed by atoms with Crippen molar-refractivity contribution >= 4 is 41.7 Å². The number of nitrogens with zero attached hydrogens (tertiary/aromatic N) is 4. The van der Waals surface area contributed by atoms with E-state index in [-0.39, 0.29) is 35.2 Å². The molecule has 0 bridgehead atoms. The van der Waals surface area contributed by atoms with Crippen LogP contribution in [-0.4, -0.2) is 47.1 Å². The minimum atomic E-state index is -0.217. The third-order valence-corrected chi connectivity index (χ3v) is 6.65. The fraction of sp³-hybridized carbons (Fsp3) is 0.609. The Morgan fingerprint density at radius 3 is 2.66 bits per heavy atom. The van der Waals surface area contributed by atoms with Crippen molar-refractivity contribution in [2.45, 2.75) is 69.0 Å². The Bertz CT molecular complexity index is 879. The second kappa shape index (κ2) is 12.8. The maximum absolute atomic E-state index is 13.6. The molecule has 1 saturated carbocycles. The Kier molecular flexibility index (Phi) is 10.7. The van der Waals surface area contributed by atoms with Gasteiger partial charge in [0.05, 0.1) is 0 Å². The van der Waals surface area contributed by atoms with Crippen LogP contribution in [0.25, 0.3) is 0 Å². The summed E-state index contributed by atoms with van der Waals surface area (Å²) in [5, 5.41) is 16.7. The first-order valence-electron chi connectivity index (χ1n) is 11.1. The van der Waals surface area contributed by atoms with Crippen LogP contribution in [0.15, 0.2) is 34.4 Å². The molecule has 1 fully saturated rings. The fourth-order valence-corrected chi connectivity index (χ4v) is 4.71. The van der Waals surface area contributed by atoms with Gasteiger partial charge in [-0.05, 0) is 43.2 Å². The molecule has 32 heavy (non-hydrogen) atoms. The molecule has 178 valence electrons. The monoisotopic (exact) mass is 574 g/mol. The summed E-state index contributed by atoms with van der Waals surface area (Å²) < 4.78 is 16.0. The van der Waals surface area contributed by atoms with Crippen molar-refractivity contribution in [2.24, 2.45) is 4.99 Å². The van der Waals surface area contributed by atoms with Crippen LogP contribution in [0, 0.1) is 5.82 Å². The van der Waals surface area contributed by atoms with Gasteiger partial charge in [-0.1, -0.05) is 50.6 Å². The average molecular weight is 575 g/mol. The van der Waals surface area contributed by atoms with E-state index < -0.39 is 0 Å². The first-order valence-corrected chi connectivity index (χ1v) is 12.4. The van der Waals surface area contributed by atoms with E-state index in [1.54, 1.807) is 30.9 Å². The van der Waals surface area contributed by atoms with Gasteiger partial charge >= 0.3 is 0 Å². The lowest BCUT2D eigenvalue weighted by Crippen LogP contribution is -2.43.